The minimum atomic E-state index is -0.283. The fourth-order valence-electron chi connectivity index (χ4n) is 2.53. The average Bonchev–Trinajstić information content (AvgIpc) is 3.03. The number of aromatic nitrogens is 3. The first kappa shape index (κ1) is 17.2. The maximum Gasteiger partial charge on any atom is 0.316 e. The van der Waals surface area contributed by atoms with Gasteiger partial charge in [-0.3, -0.25) is 9.36 Å². The van der Waals surface area contributed by atoms with E-state index in [9.17, 15) is 4.79 Å². The molecule has 0 unspecified atom stereocenters. The average molecular weight is 353 g/mol. The summed E-state index contributed by atoms with van der Waals surface area (Å²) in [6, 6.07) is 18.2. The molecule has 0 amide bonds. The molecule has 5 nitrogen and oxygen atoms in total. The summed E-state index contributed by atoms with van der Waals surface area (Å²) in [4.78, 5) is 11.5. The zero-order valence-electron chi connectivity index (χ0n) is 14.2. The number of ether oxygens (including phenoxy) is 1. The predicted molar refractivity (Wildman–Crippen MR) is 98.1 cm³/mol. The summed E-state index contributed by atoms with van der Waals surface area (Å²) >= 11 is 1.33. The Morgan fingerprint density at radius 3 is 2.52 bits per heavy atom. The Labute approximate surface area is 151 Å². The number of thioether (sulfide) groups is 1. The van der Waals surface area contributed by atoms with E-state index in [1.54, 1.807) is 0 Å². The van der Waals surface area contributed by atoms with E-state index in [1.165, 1.54) is 18.9 Å². The number of esters is 1. The number of carbonyl (C=O) groups excluding carboxylic acids is 1. The zero-order chi connectivity index (χ0) is 17.6. The van der Waals surface area contributed by atoms with Crippen molar-refractivity contribution in [2.24, 2.45) is 0 Å². The quantitative estimate of drug-likeness (QED) is 0.502. The first-order valence-corrected chi connectivity index (χ1v) is 8.91. The van der Waals surface area contributed by atoms with E-state index in [0.717, 1.165) is 22.6 Å². The number of aryl methyl sites for hydroxylation is 1. The summed E-state index contributed by atoms with van der Waals surface area (Å²) in [7, 11) is 1.38. The number of hydrogen-bond acceptors (Lipinski definition) is 5. The maximum atomic E-state index is 11.5. The summed E-state index contributed by atoms with van der Waals surface area (Å²) in [5.74, 6) is 0.757. The SMILES string of the molecule is COC(=O)CSc1nnc(Cc2ccccc2)n1-c1ccccc1C. The van der Waals surface area contributed by atoms with Crippen LogP contribution in [0.1, 0.15) is 17.0 Å². The summed E-state index contributed by atoms with van der Waals surface area (Å²) in [5.41, 5.74) is 3.30. The molecule has 128 valence electrons. The van der Waals surface area contributed by atoms with E-state index < -0.39 is 0 Å². The molecule has 0 N–H and O–H groups in total. The molecule has 1 heterocycles. The van der Waals surface area contributed by atoms with Crippen LogP contribution in [0.5, 0.6) is 0 Å². The fraction of sp³-hybridized carbons (Fsp3) is 0.211. The highest BCUT2D eigenvalue weighted by Gasteiger charge is 2.17. The maximum absolute atomic E-state index is 11.5. The van der Waals surface area contributed by atoms with Gasteiger partial charge in [0, 0.05) is 6.42 Å². The topological polar surface area (TPSA) is 57.0 Å². The molecule has 6 heteroatoms. The molecule has 0 radical (unpaired) electrons. The lowest BCUT2D eigenvalue weighted by molar-refractivity contribution is -0.137. The molecule has 3 aromatic rings. The van der Waals surface area contributed by atoms with Crippen molar-refractivity contribution in [3.05, 3.63) is 71.5 Å². The van der Waals surface area contributed by atoms with Crippen LogP contribution in [0.4, 0.5) is 0 Å². The Hall–Kier alpha value is -2.60. The van der Waals surface area contributed by atoms with Crippen molar-refractivity contribution in [3.63, 3.8) is 0 Å². The van der Waals surface area contributed by atoms with Gasteiger partial charge in [-0.1, -0.05) is 60.3 Å². The Morgan fingerprint density at radius 1 is 1.08 bits per heavy atom. The van der Waals surface area contributed by atoms with Crippen molar-refractivity contribution in [2.75, 3.05) is 12.9 Å². The lowest BCUT2D eigenvalue weighted by atomic mass is 10.1. The van der Waals surface area contributed by atoms with Crippen LogP contribution < -0.4 is 0 Å². The number of para-hydroxylation sites is 1. The molecule has 0 bridgehead atoms. The highest BCUT2D eigenvalue weighted by Crippen LogP contribution is 2.25. The molecule has 0 aliphatic heterocycles. The minimum absolute atomic E-state index is 0.200. The molecule has 2 aromatic carbocycles. The third kappa shape index (κ3) is 4.09. The minimum Gasteiger partial charge on any atom is -0.468 e. The molecule has 0 spiro atoms. The monoisotopic (exact) mass is 353 g/mol. The van der Waals surface area contributed by atoms with Crippen LogP contribution in [0.2, 0.25) is 0 Å². The third-order valence-corrected chi connectivity index (χ3v) is 4.71. The van der Waals surface area contributed by atoms with Crippen LogP contribution in [0.25, 0.3) is 5.69 Å². The molecule has 0 saturated heterocycles. The van der Waals surface area contributed by atoms with Crippen molar-refractivity contribution in [3.8, 4) is 5.69 Å². The predicted octanol–water partition coefficient (Wildman–Crippen LogP) is 3.43. The van der Waals surface area contributed by atoms with Gasteiger partial charge >= 0.3 is 5.97 Å². The number of hydrogen-bond donors (Lipinski definition) is 0. The second kappa shape index (κ2) is 7.98. The van der Waals surface area contributed by atoms with E-state index in [2.05, 4.69) is 35.3 Å². The molecular weight excluding hydrogens is 334 g/mol. The van der Waals surface area contributed by atoms with Crippen molar-refractivity contribution >= 4 is 17.7 Å². The van der Waals surface area contributed by atoms with Crippen LogP contribution in [0.3, 0.4) is 0 Å². The molecule has 0 aliphatic carbocycles. The normalized spacial score (nSPS) is 10.6. The van der Waals surface area contributed by atoms with Crippen molar-refractivity contribution < 1.29 is 9.53 Å². The van der Waals surface area contributed by atoms with Gasteiger partial charge in [0.25, 0.3) is 0 Å². The van der Waals surface area contributed by atoms with Gasteiger partial charge in [-0.15, -0.1) is 10.2 Å². The van der Waals surface area contributed by atoms with Gasteiger partial charge in [-0.2, -0.15) is 0 Å². The van der Waals surface area contributed by atoms with Gasteiger partial charge in [0.15, 0.2) is 5.16 Å². The standard InChI is InChI=1S/C19H19N3O2S/c1-14-8-6-7-11-16(14)22-17(12-15-9-4-3-5-10-15)20-21-19(22)25-13-18(23)24-2/h3-11H,12-13H2,1-2H3. The highest BCUT2D eigenvalue weighted by atomic mass is 32.2. The largest absolute Gasteiger partial charge is 0.468 e. The first-order valence-electron chi connectivity index (χ1n) is 7.93. The third-order valence-electron chi connectivity index (χ3n) is 3.81. The smallest absolute Gasteiger partial charge is 0.316 e. The molecular formula is C19H19N3O2S. The van der Waals surface area contributed by atoms with Crippen molar-refractivity contribution in [1.82, 2.24) is 14.8 Å². The van der Waals surface area contributed by atoms with Crippen LogP contribution in [0.15, 0.2) is 59.8 Å². The number of methoxy groups -OCH3 is 1. The number of carbonyl (C=O) groups is 1. The van der Waals surface area contributed by atoms with E-state index in [-0.39, 0.29) is 11.7 Å². The first-order chi connectivity index (χ1) is 12.2. The van der Waals surface area contributed by atoms with Crippen molar-refractivity contribution in [2.45, 2.75) is 18.5 Å². The Kier molecular flexibility index (Phi) is 5.50. The van der Waals surface area contributed by atoms with Gasteiger partial charge in [-0.05, 0) is 24.1 Å². The summed E-state index contributed by atoms with van der Waals surface area (Å²) in [6.45, 7) is 2.05. The van der Waals surface area contributed by atoms with Crippen molar-refractivity contribution in [1.29, 1.82) is 0 Å². The lowest BCUT2D eigenvalue weighted by Crippen LogP contribution is -2.08. The zero-order valence-corrected chi connectivity index (χ0v) is 15.0. The van der Waals surface area contributed by atoms with Crippen LogP contribution in [0, 0.1) is 6.92 Å². The van der Waals surface area contributed by atoms with E-state index in [4.69, 9.17) is 4.74 Å². The fourth-order valence-corrected chi connectivity index (χ4v) is 3.32. The molecule has 1 aromatic heterocycles. The van der Waals surface area contributed by atoms with Gasteiger partial charge in [-0.25, -0.2) is 0 Å². The molecule has 0 fully saturated rings. The van der Waals surface area contributed by atoms with Gasteiger partial charge in [0.1, 0.15) is 5.82 Å². The summed E-state index contributed by atoms with van der Waals surface area (Å²) in [6.07, 6.45) is 0.668. The van der Waals surface area contributed by atoms with Crippen LogP contribution >= 0.6 is 11.8 Å². The number of nitrogens with zero attached hydrogens (tertiary/aromatic N) is 3. The van der Waals surface area contributed by atoms with E-state index in [1.807, 2.05) is 41.0 Å². The molecule has 0 saturated carbocycles. The van der Waals surface area contributed by atoms with Crippen LogP contribution in [-0.2, 0) is 16.0 Å². The summed E-state index contributed by atoms with van der Waals surface area (Å²) < 4.78 is 6.75. The second-order valence-electron chi connectivity index (χ2n) is 5.55. The number of benzene rings is 2. The van der Waals surface area contributed by atoms with Gasteiger partial charge in [0.05, 0.1) is 18.6 Å². The summed E-state index contributed by atoms with van der Waals surface area (Å²) in [5, 5.41) is 9.36. The number of rotatable bonds is 6. The van der Waals surface area contributed by atoms with E-state index in [0.29, 0.717) is 11.6 Å². The highest BCUT2D eigenvalue weighted by molar-refractivity contribution is 7.99. The Balaban J connectivity index is 1.99. The van der Waals surface area contributed by atoms with Gasteiger partial charge < -0.3 is 4.74 Å². The van der Waals surface area contributed by atoms with Gasteiger partial charge in [0.2, 0.25) is 0 Å². The van der Waals surface area contributed by atoms with Crippen LogP contribution in [-0.4, -0.2) is 33.6 Å². The second-order valence-corrected chi connectivity index (χ2v) is 6.49. The molecule has 3 rings (SSSR count). The Bertz CT molecular complexity index is 862. The van der Waals surface area contributed by atoms with E-state index >= 15 is 0 Å². The molecule has 0 atom stereocenters. The molecule has 25 heavy (non-hydrogen) atoms. The lowest BCUT2D eigenvalue weighted by Gasteiger charge is -2.12. The Morgan fingerprint density at radius 2 is 1.80 bits per heavy atom. The molecule has 0 aliphatic rings.